The molecule has 1 amide bonds. The third-order valence-electron chi connectivity index (χ3n) is 3.64. The number of nitrogens with two attached hydrogens (primary N) is 1. The molecule has 0 saturated carbocycles. The topological polar surface area (TPSA) is 119 Å². The summed E-state index contributed by atoms with van der Waals surface area (Å²) < 4.78 is 10.4. The maximum absolute atomic E-state index is 12.4. The number of hydrogen-bond acceptors (Lipinski definition) is 7. The maximum atomic E-state index is 12.4. The van der Waals surface area contributed by atoms with Gasteiger partial charge in [-0.05, 0) is 6.42 Å². The third-order valence-corrected chi connectivity index (χ3v) is 5.03. The van der Waals surface area contributed by atoms with Gasteiger partial charge >= 0.3 is 11.9 Å². The predicted molar refractivity (Wildman–Crippen MR) is 82.2 cm³/mol. The molecule has 2 atom stereocenters. The Morgan fingerprint density at radius 1 is 1.52 bits per heavy atom. The Hall–Kier alpha value is -1.58. The number of carbonyl (C=O) groups is 3. The quantitative estimate of drug-likeness (QED) is 0.292. The van der Waals surface area contributed by atoms with Crippen molar-refractivity contribution in [1.29, 1.82) is 0 Å². The smallest absolute Gasteiger partial charge is 0.352 e. The lowest BCUT2D eigenvalue weighted by molar-refractivity contribution is -0.188. The second kappa shape index (κ2) is 6.90. The van der Waals surface area contributed by atoms with E-state index in [2.05, 4.69) is 0 Å². The van der Waals surface area contributed by atoms with E-state index in [0.29, 0.717) is 17.9 Å². The molecule has 1 fully saturated rings. The predicted octanol–water partition coefficient (Wildman–Crippen LogP) is 0.275. The highest BCUT2D eigenvalue weighted by Crippen LogP contribution is 2.45. The van der Waals surface area contributed by atoms with Crippen LogP contribution < -0.4 is 5.73 Å². The average molecular weight is 344 g/mol. The van der Waals surface area contributed by atoms with Crippen LogP contribution in [0.5, 0.6) is 0 Å². The van der Waals surface area contributed by atoms with Gasteiger partial charge in [-0.15, -0.1) is 11.8 Å². The van der Waals surface area contributed by atoms with Gasteiger partial charge in [-0.1, -0.05) is 13.3 Å². The summed E-state index contributed by atoms with van der Waals surface area (Å²) in [6.07, 6.45) is 1.67. The second-order valence-electron chi connectivity index (χ2n) is 5.37. The van der Waals surface area contributed by atoms with Crippen molar-refractivity contribution in [3.05, 3.63) is 11.3 Å². The second-order valence-corrected chi connectivity index (χ2v) is 6.44. The van der Waals surface area contributed by atoms with Crippen LogP contribution in [0.1, 0.15) is 26.7 Å². The number of β-lactam (4-membered cyclic amide) rings is 1. The van der Waals surface area contributed by atoms with Gasteiger partial charge in [0.15, 0.2) is 0 Å². The summed E-state index contributed by atoms with van der Waals surface area (Å²) in [5.74, 6) is -2.04. The largest absolute Gasteiger partial charge is 0.477 e. The molecule has 0 aliphatic carbocycles. The summed E-state index contributed by atoms with van der Waals surface area (Å²) in [7, 11) is 0. The van der Waals surface area contributed by atoms with Crippen LogP contribution in [0.25, 0.3) is 0 Å². The highest BCUT2D eigenvalue weighted by atomic mass is 32.2. The molecule has 2 heterocycles. The number of hydrogen-bond donors (Lipinski definition) is 2. The molecule has 0 spiro atoms. The lowest BCUT2D eigenvalue weighted by atomic mass is 9.99. The van der Waals surface area contributed by atoms with Crippen LogP contribution in [-0.4, -0.2) is 57.9 Å². The fourth-order valence-electron chi connectivity index (χ4n) is 2.43. The zero-order valence-electron chi connectivity index (χ0n) is 13.0. The van der Waals surface area contributed by atoms with Gasteiger partial charge in [0.05, 0.1) is 0 Å². The molecular formula is C14H20N2O6S. The molecule has 0 bridgehead atoms. The number of aliphatic carboxylic acids is 1. The van der Waals surface area contributed by atoms with E-state index in [1.807, 2.05) is 6.92 Å². The number of carbonyl (C=O) groups excluding carboxylic acids is 2. The van der Waals surface area contributed by atoms with E-state index in [1.165, 1.54) is 18.7 Å². The molecule has 2 aliphatic rings. The van der Waals surface area contributed by atoms with Gasteiger partial charge in [0.2, 0.25) is 5.72 Å². The number of carboxylic acid groups (broad SMARTS) is 1. The Kier molecular flexibility index (Phi) is 5.33. The number of amides is 1. The van der Waals surface area contributed by atoms with Crippen LogP contribution in [0.3, 0.4) is 0 Å². The third kappa shape index (κ3) is 3.22. The first-order chi connectivity index (χ1) is 10.8. The fraction of sp³-hybridized carbons (Fsp3) is 0.643. The number of nitrogens with zero attached hydrogens (tertiary/aromatic N) is 1. The minimum absolute atomic E-state index is 0.158. The SMILES string of the molecule is CCCCOC1(N)C(=O)N2C(C(=O)O)=C(COC(C)=O)CS[C@@H]21. The summed E-state index contributed by atoms with van der Waals surface area (Å²) in [5, 5.41) is 8.83. The van der Waals surface area contributed by atoms with Crippen molar-refractivity contribution in [2.45, 2.75) is 37.8 Å². The molecule has 2 aliphatic heterocycles. The highest BCUT2D eigenvalue weighted by molar-refractivity contribution is 8.00. The molecule has 9 heteroatoms. The molecule has 0 aromatic heterocycles. The first-order valence-electron chi connectivity index (χ1n) is 7.29. The van der Waals surface area contributed by atoms with Crippen molar-refractivity contribution < 1.29 is 29.0 Å². The van der Waals surface area contributed by atoms with Gasteiger partial charge in [0, 0.05) is 24.9 Å². The van der Waals surface area contributed by atoms with Crippen molar-refractivity contribution in [3.8, 4) is 0 Å². The summed E-state index contributed by atoms with van der Waals surface area (Å²) >= 11 is 1.31. The Balaban J connectivity index is 2.19. The van der Waals surface area contributed by atoms with E-state index in [0.717, 1.165) is 17.7 Å². The molecule has 0 radical (unpaired) electrons. The van der Waals surface area contributed by atoms with E-state index in [1.54, 1.807) is 0 Å². The summed E-state index contributed by atoms with van der Waals surface area (Å²) in [4.78, 5) is 35.9. The van der Waals surface area contributed by atoms with E-state index >= 15 is 0 Å². The van der Waals surface area contributed by atoms with Gasteiger partial charge in [0.1, 0.15) is 17.7 Å². The molecule has 3 N–H and O–H groups in total. The van der Waals surface area contributed by atoms with Crippen LogP contribution in [0.15, 0.2) is 11.3 Å². The van der Waals surface area contributed by atoms with Crippen LogP contribution in [0.4, 0.5) is 0 Å². The molecule has 128 valence electrons. The van der Waals surface area contributed by atoms with Gasteiger partial charge in [-0.3, -0.25) is 20.2 Å². The Morgan fingerprint density at radius 3 is 2.78 bits per heavy atom. The number of carboxylic acids is 1. The zero-order valence-corrected chi connectivity index (χ0v) is 13.9. The summed E-state index contributed by atoms with van der Waals surface area (Å²) in [6, 6.07) is 0. The van der Waals surface area contributed by atoms with Crippen LogP contribution in [0, 0.1) is 0 Å². The highest BCUT2D eigenvalue weighted by Gasteiger charge is 2.64. The Morgan fingerprint density at radius 2 is 2.22 bits per heavy atom. The van der Waals surface area contributed by atoms with Crippen molar-refractivity contribution in [3.63, 3.8) is 0 Å². The maximum Gasteiger partial charge on any atom is 0.352 e. The van der Waals surface area contributed by atoms with Crippen LogP contribution in [0.2, 0.25) is 0 Å². The minimum atomic E-state index is -1.49. The summed E-state index contributed by atoms with van der Waals surface area (Å²) in [5.41, 5.74) is 4.75. The van der Waals surface area contributed by atoms with Crippen molar-refractivity contribution in [1.82, 2.24) is 4.90 Å². The lowest BCUT2D eigenvalue weighted by Crippen LogP contribution is -2.79. The number of fused-ring (bicyclic) bond motifs is 1. The monoisotopic (exact) mass is 344 g/mol. The number of rotatable bonds is 7. The van der Waals surface area contributed by atoms with Gasteiger partial charge in [-0.2, -0.15) is 0 Å². The minimum Gasteiger partial charge on any atom is -0.477 e. The molecular weight excluding hydrogens is 324 g/mol. The molecule has 0 aromatic carbocycles. The van der Waals surface area contributed by atoms with E-state index < -0.39 is 28.9 Å². The van der Waals surface area contributed by atoms with Gasteiger partial charge in [-0.25, -0.2) is 4.79 Å². The standard InChI is InChI=1S/C14H20N2O6S/c1-3-4-5-22-14(15)12(20)16-10(11(18)19)9(6-21-8(2)17)7-23-13(14)16/h13H,3-7,15H2,1-2H3,(H,18,19)/t13-,14?/m1/s1. The van der Waals surface area contributed by atoms with Crippen LogP contribution >= 0.6 is 11.8 Å². The molecule has 1 unspecified atom stereocenters. The van der Waals surface area contributed by atoms with Gasteiger partial charge < -0.3 is 14.6 Å². The number of ether oxygens (including phenoxy) is 2. The molecule has 8 nitrogen and oxygen atoms in total. The van der Waals surface area contributed by atoms with E-state index in [4.69, 9.17) is 15.2 Å². The molecule has 0 aromatic rings. The average Bonchev–Trinajstić information content (AvgIpc) is 2.51. The molecule has 23 heavy (non-hydrogen) atoms. The zero-order chi connectivity index (χ0) is 17.2. The van der Waals surface area contributed by atoms with E-state index in [-0.39, 0.29) is 12.3 Å². The fourth-order valence-corrected chi connectivity index (χ4v) is 3.78. The summed E-state index contributed by atoms with van der Waals surface area (Å²) in [6.45, 7) is 3.41. The normalized spacial score (nSPS) is 26.7. The van der Waals surface area contributed by atoms with Crippen molar-refractivity contribution in [2.24, 2.45) is 5.73 Å². The van der Waals surface area contributed by atoms with Crippen LogP contribution in [-0.2, 0) is 23.9 Å². The number of esters is 1. The first-order valence-corrected chi connectivity index (χ1v) is 8.34. The molecule has 2 rings (SSSR count). The lowest BCUT2D eigenvalue weighted by Gasteiger charge is -2.54. The van der Waals surface area contributed by atoms with Gasteiger partial charge in [0.25, 0.3) is 5.91 Å². The van der Waals surface area contributed by atoms with Crippen molar-refractivity contribution >= 4 is 29.6 Å². The number of unbranched alkanes of at least 4 members (excludes halogenated alkanes) is 1. The Bertz CT molecular complexity index is 563. The first kappa shape index (κ1) is 17.8. The number of thioether (sulfide) groups is 1. The van der Waals surface area contributed by atoms with Crippen molar-refractivity contribution in [2.75, 3.05) is 19.0 Å². The Labute approximate surface area is 138 Å². The molecule has 1 saturated heterocycles. The van der Waals surface area contributed by atoms with E-state index in [9.17, 15) is 19.5 Å².